The van der Waals surface area contributed by atoms with E-state index in [2.05, 4.69) is 12.2 Å². The molecule has 2 unspecified atom stereocenters. The molecule has 1 N–H and O–H groups in total. The van der Waals surface area contributed by atoms with Crippen LogP contribution >= 0.6 is 0 Å². The SMILES string of the molecule is CC(=O)N[C@H]1CC(C)C2O[C@@]2(C)C1=O. The van der Waals surface area contributed by atoms with Gasteiger partial charge in [-0.05, 0) is 19.3 Å². The van der Waals surface area contributed by atoms with Crippen molar-refractivity contribution in [1.29, 1.82) is 0 Å². The number of ketones is 1. The average Bonchev–Trinajstić information content (AvgIpc) is 2.75. The first-order valence-electron chi connectivity index (χ1n) is 4.94. The van der Waals surface area contributed by atoms with Crippen LogP contribution in [-0.2, 0) is 14.3 Å². The summed E-state index contributed by atoms with van der Waals surface area (Å²) in [5, 5.41) is 2.68. The van der Waals surface area contributed by atoms with Crippen molar-refractivity contribution in [2.75, 3.05) is 0 Å². The minimum absolute atomic E-state index is 0.0239. The molecule has 0 aromatic carbocycles. The van der Waals surface area contributed by atoms with E-state index in [0.717, 1.165) is 0 Å². The Balaban J connectivity index is 2.12. The molecule has 1 aliphatic heterocycles. The lowest BCUT2D eigenvalue weighted by molar-refractivity contribution is -0.130. The number of carbonyl (C=O) groups excluding carboxylic acids is 2. The van der Waals surface area contributed by atoms with Crippen LogP contribution in [0.15, 0.2) is 0 Å². The second-order valence-corrected chi connectivity index (χ2v) is 4.48. The zero-order valence-corrected chi connectivity index (χ0v) is 8.66. The van der Waals surface area contributed by atoms with Crippen LogP contribution in [0, 0.1) is 5.92 Å². The highest BCUT2D eigenvalue weighted by molar-refractivity contribution is 5.97. The van der Waals surface area contributed by atoms with Gasteiger partial charge in [0, 0.05) is 6.92 Å². The highest BCUT2D eigenvalue weighted by atomic mass is 16.6. The maximum Gasteiger partial charge on any atom is 0.217 e. The molecule has 4 nitrogen and oxygen atoms in total. The van der Waals surface area contributed by atoms with Gasteiger partial charge in [0.1, 0.15) is 0 Å². The number of fused-ring (bicyclic) bond motifs is 1. The second kappa shape index (κ2) is 2.79. The number of Topliss-reactive ketones (excluding diaryl/α,β-unsaturated/α-hetero) is 1. The summed E-state index contributed by atoms with van der Waals surface area (Å²) in [7, 11) is 0. The smallest absolute Gasteiger partial charge is 0.217 e. The van der Waals surface area contributed by atoms with Crippen molar-refractivity contribution in [1.82, 2.24) is 5.32 Å². The Kier molecular flexibility index (Phi) is 1.93. The summed E-state index contributed by atoms with van der Waals surface area (Å²) in [4.78, 5) is 22.7. The van der Waals surface area contributed by atoms with Crippen LogP contribution < -0.4 is 5.32 Å². The molecule has 2 rings (SSSR count). The summed E-state index contributed by atoms with van der Waals surface area (Å²) in [5.41, 5.74) is -0.620. The molecule has 1 heterocycles. The van der Waals surface area contributed by atoms with Gasteiger partial charge < -0.3 is 10.1 Å². The van der Waals surface area contributed by atoms with Crippen LogP contribution in [0.1, 0.15) is 27.2 Å². The molecule has 2 aliphatic rings. The van der Waals surface area contributed by atoms with Crippen molar-refractivity contribution >= 4 is 11.7 Å². The highest BCUT2D eigenvalue weighted by Gasteiger charge is 2.65. The van der Waals surface area contributed by atoms with E-state index < -0.39 is 5.60 Å². The van der Waals surface area contributed by atoms with Gasteiger partial charge in [-0.25, -0.2) is 0 Å². The van der Waals surface area contributed by atoms with E-state index in [9.17, 15) is 9.59 Å². The standard InChI is InChI=1S/C10H15NO3/c1-5-4-7(11-6(2)12)8(13)10(3)9(5)14-10/h5,7,9H,4H2,1-3H3,(H,11,12)/t5?,7-,9?,10-/m0/s1. The largest absolute Gasteiger partial charge is 0.358 e. The number of rotatable bonds is 1. The van der Waals surface area contributed by atoms with Crippen LogP contribution in [0.25, 0.3) is 0 Å². The normalized spacial score (nSPS) is 45.6. The van der Waals surface area contributed by atoms with Crippen molar-refractivity contribution in [3.8, 4) is 0 Å². The van der Waals surface area contributed by atoms with E-state index in [1.54, 1.807) is 0 Å². The molecule has 2 fully saturated rings. The number of nitrogens with one attached hydrogen (secondary N) is 1. The van der Waals surface area contributed by atoms with Crippen LogP contribution in [-0.4, -0.2) is 29.4 Å². The van der Waals surface area contributed by atoms with Crippen LogP contribution in [0.3, 0.4) is 0 Å². The van der Waals surface area contributed by atoms with Crippen LogP contribution in [0.2, 0.25) is 0 Å². The number of epoxide rings is 1. The third-order valence-electron chi connectivity index (χ3n) is 3.17. The lowest BCUT2D eigenvalue weighted by Gasteiger charge is -2.26. The summed E-state index contributed by atoms with van der Waals surface area (Å²) in [6, 6.07) is -0.355. The number of amides is 1. The van der Waals surface area contributed by atoms with E-state index >= 15 is 0 Å². The highest BCUT2D eigenvalue weighted by Crippen LogP contribution is 2.47. The minimum Gasteiger partial charge on any atom is -0.358 e. The maximum atomic E-state index is 11.8. The minimum atomic E-state index is -0.620. The molecule has 0 aromatic heterocycles. The molecular weight excluding hydrogens is 182 g/mol. The Labute approximate surface area is 83.0 Å². The molecule has 1 saturated carbocycles. The Morgan fingerprint density at radius 3 is 2.86 bits per heavy atom. The number of ether oxygens (including phenoxy) is 1. The quantitative estimate of drug-likeness (QED) is 0.613. The molecular formula is C10H15NO3. The lowest BCUT2D eigenvalue weighted by atomic mass is 9.79. The van der Waals surface area contributed by atoms with Gasteiger partial charge in [0.05, 0.1) is 12.1 Å². The molecule has 0 aromatic rings. The molecule has 78 valence electrons. The molecule has 4 heteroatoms. The molecule has 14 heavy (non-hydrogen) atoms. The topological polar surface area (TPSA) is 58.7 Å². The molecule has 1 saturated heterocycles. The summed E-state index contributed by atoms with van der Waals surface area (Å²) < 4.78 is 5.40. The van der Waals surface area contributed by atoms with Gasteiger partial charge in [0.15, 0.2) is 11.4 Å². The van der Waals surface area contributed by atoms with Gasteiger partial charge in [0.2, 0.25) is 5.91 Å². The number of hydrogen-bond acceptors (Lipinski definition) is 3. The first kappa shape index (κ1) is 9.65. The van der Waals surface area contributed by atoms with Crippen molar-refractivity contribution in [2.24, 2.45) is 5.92 Å². The Morgan fingerprint density at radius 2 is 2.29 bits per heavy atom. The average molecular weight is 197 g/mol. The first-order chi connectivity index (χ1) is 6.45. The summed E-state index contributed by atoms with van der Waals surface area (Å²) in [5.74, 6) is 0.212. The molecule has 4 atom stereocenters. The summed E-state index contributed by atoms with van der Waals surface area (Å²) in [6.07, 6.45) is 0.763. The maximum absolute atomic E-state index is 11.8. The number of carbonyl (C=O) groups is 2. The molecule has 1 amide bonds. The monoisotopic (exact) mass is 197 g/mol. The van der Waals surface area contributed by atoms with Crippen molar-refractivity contribution in [3.63, 3.8) is 0 Å². The van der Waals surface area contributed by atoms with E-state index in [1.165, 1.54) is 6.92 Å². The summed E-state index contributed by atoms with van der Waals surface area (Å²) in [6.45, 7) is 5.29. The first-order valence-corrected chi connectivity index (χ1v) is 4.94. The lowest BCUT2D eigenvalue weighted by Crippen LogP contribution is -2.50. The van der Waals surface area contributed by atoms with Crippen molar-refractivity contribution in [2.45, 2.75) is 44.9 Å². The Morgan fingerprint density at radius 1 is 1.64 bits per heavy atom. The predicted molar refractivity (Wildman–Crippen MR) is 49.7 cm³/mol. The van der Waals surface area contributed by atoms with Gasteiger partial charge in [-0.15, -0.1) is 0 Å². The molecule has 1 aliphatic carbocycles. The van der Waals surface area contributed by atoms with E-state index in [0.29, 0.717) is 12.3 Å². The van der Waals surface area contributed by atoms with Crippen molar-refractivity contribution < 1.29 is 14.3 Å². The molecule has 0 spiro atoms. The Hall–Kier alpha value is -0.900. The fourth-order valence-electron chi connectivity index (χ4n) is 2.41. The Bertz CT molecular complexity index is 302. The van der Waals surface area contributed by atoms with E-state index in [1.807, 2.05) is 6.92 Å². The van der Waals surface area contributed by atoms with Gasteiger partial charge in [-0.3, -0.25) is 9.59 Å². The summed E-state index contributed by atoms with van der Waals surface area (Å²) >= 11 is 0. The van der Waals surface area contributed by atoms with Crippen LogP contribution in [0.4, 0.5) is 0 Å². The van der Waals surface area contributed by atoms with Gasteiger partial charge >= 0.3 is 0 Å². The van der Waals surface area contributed by atoms with Crippen LogP contribution in [0.5, 0.6) is 0 Å². The third kappa shape index (κ3) is 1.25. The van der Waals surface area contributed by atoms with E-state index in [4.69, 9.17) is 4.74 Å². The fraction of sp³-hybridized carbons (Fsp3) is 0.800. The predicted octanol–water partition coefficient (Wildman–Crippen LogP) is 0.258. The van der Waals surface area contributed by atoms with Gasteiger partial charge in [-0.2, -0.15) is 0 Å². The van der Waals surface area contributed by atoms with Gasteiger partial charge in [0.25, 0.3) is 0 Å². The van der Waals surface area contributed by atoms with Gasteiger partial charge in [-0.1, -0.05) is 6.92 Å². The number of hydrogen-bond donors (Lipinski definition) is 1. The van der Waals surface area contributed by atoms with E-state index in [-0.39, 0.29) is 23.8 Å². The van der Waals surface area contributed by atoms with Crippen molar-refractivity contribution in [3.05, 3.63) is 0 Å². The molecule has 0 radical (unpaired) electrons. The third-order valence-corrected chi connectivity index (χ3v) is 3.17. The second-order valence-electron chi connectivity index (χ2n) is 4.48. The zero-order valence-electron chi connectivity index (χ0n) is 8.66. The fourth-order valence-corrected chi connectivity index (χ4v) is 2.41. The molecule has 0 bridgehead atoms. The zero-order chi connectivity index (χ0) is 10.5.